The Morgan fingerprint density at radius 1 is 1.25 bits per heavy atom. The summed E-state index contributed by atoms with van der Waals surface area (Å²) in [5.41, 5.74) is 6.13. The number of amides is 2. The third-order valence-corrected chi connectivity index (χ3v) is 3.66. The Hall–Kier alpha value is -1.88. The van der Waals surface area contributed by atoms with Crippen molar-refractivity contribution < 1.29 is 9.59 Å². The minimum atomic E-state index is -0.861. The summed E-state index contributed by atoms with van der Waals surface area (Å²) in [6.45, 7) is 2.14. The molecule has 5 heteroatoms. The molecule has 0 aromatic heterocycles. The molecule has 1 fully saturated rings. The van der Waals surface area contributed by atoms with Crippen LogP contribution >= 0.6 is 0 Å². The van der Waals surface area contributed by atoms with E-state index >= 15 is 0 Å². The molecule has 2 amide bonds. The lowest BCUT2D eigenvalue weighted by atomic mass is 9.96. The summed E-state index contributed by atoms with van der Waals surface area (Å²) in [5.74, 6) is -0.224. The fourth-order valence-corrected chi connectivity index (χ4v) is 2.08. The first-order chi connectivity index (χ1) is 9.50. The van der Waals surface area contributed by atoms with E-state index in [0.29, 0.717) is 6.54 Å². The molecule has 1 saturated carbocycles. The Bertz CT molecular complexity index is 481. The third-order valence-electron chi connectivity index (χ3n) is 3.66. The second-order valence-corrected chi connectivity index (χ2v) is 5.50. The lowest BCUT2D eigenvalue weighted by molar-refractivity contribution is -0.129. The van der Waals surface area contributed by atoms with Crippen molar-refractivity contribution in [3.63, 3.8) is 0 Å². The van der Waals surface area contributed by atoms with Crippen LogP contribution in [-0.4, -0.2) is 23.9 Å². The van der Waals surface area contributed by atoms with Crippen LogP contribution in [0, 0.1) is 5.92 Å². The molecule has 4 N–H and O–H groups in total. The first-order valence-corrected chi connectivity index (χ1v) is 6.88. The van der Waals surface area contributed by atoms with Crippen molar-refractivity contribution in [1.29, 1.82) is 0 Å². The molecule has 1 aliphatic carbocycles. The molecule has 0 bridgehead atoms. The van der Waals surface area contributed by atoms with Gasteiger partial charge in [0.25, 0.3) is 0 Å². The van der Waals surface area contributed by atoms with E-state index in [1.54, 1.807) is 6.92 Å². The van der Waals surface area contributed by atoms with Gasteiger partial charge < -0.3 is 16.4 Å². The van der Waals surface area contributed by atoms with Gasteiger partial charge in [-0.1, -0.05) is 30.3 Å². The number of hydrogen-bond acceptors (Lipinski definition) is 3. The van der Waals surface area contributed by atoms with Gasteiger partial charge in [-0.25, -0.2) is 0 Å². The zero-order valence-electron chi connectivity index (χ0n) is 11.7. The maximum absolute atomic E-state index is 11.9. The molecule has 1 aliphatic rings. The van der Waals surface area contributed by atoms with Crippen LogP contribution < -0.4 is 16.4 Å². The van der Waals surface area contributed by atoms with Gasteiger partial charge in [-0.2, -0.15) is 0 Å². The molecule has 2 rings (SSSR count). The van der Waals surface area contributed by atoms with E-state index in [1.807, 2.05) is 30.3 Å². The second-order valence-electron chi connectivity index (χ2n) is 5.50. The molecule has 20 heavy (non-hydrogen) atoms. The van der Waals surface area contributed by atoms with Crippen molar-refractivity contribution in [2.24, 2.45) is 11.7 Å². The number of carbonyl (C=O) groups excluding carboxylic acids is 2. The van der Waals surface area contributed by atoms with E-state index in [0.717, 1.165) is 18.4 Å². The van der Waals surface area contributed by atoms with Gasteiger partial charge in [0, 0.05) is 6.54 Å². The van der Waals surface area contributed by atoms with Gasteiger partial charge in [0.1, 0.15) is 0 Å². The van der Waals surface area contributed by atoms with E-state index in [4.69, 9.17) is 5.73 Å². The number of rotatable bonds is 6. The number of nitrogens with two attached hydrogens (primary N) is 1. The van der Waals surface area contributed by atoms with Crippen LogP contribution in [0.5, 0.6) is 0 Å². The fourth-order valence-electron chi connectivity index (χ4n) is 2.08. The third kappa shape index (κ3) is 3.81. The molecular formula is C15H21N3O2. The van der Waals surface area contributed by atoms with Crippen LogP contribution in [0.2, 0.25) is 0 Å². The van der Waals surface area contributed by atoms with Crippen LogP contribution in [0.1, 0.15) is 25.3 Å². The molecule has 0 aliphatic heterocycles. The normalized spacial score (nSPS) is 17.1. The zero-order chi connectivity index (χ0) is 14.6. The van der Waals surface area contributed by atoms with Crippen molar-refractivity contribution in [2.45, 2.75) is 31.8 Å². The number of hydrogen-bond donors (Lipinski definition) is 3. The summed E-state index contributed by atoms with van der Waals surface area (Å²) in [5, 5.41) is 5.36. The van der Waals surface area contributed by atoms with E-state index in [9.17, 15) is 9.59 Å². The first-order valence-electron chi connectivity index (χ1n) is 6.88. The highest BCUT2D eigenvalue weighted by Gasteiger charge is 2.43. The smallest absolute Gasteiger partial charge is 0.240 e. The highest BCUT2D eigenvalue weighted by molar-refractivity contribution is 5.90. The molecule has 1 atom stereocenters. The molecule has 1 aromatic rings. The fraction of sp³-hybridized carbons (Fsp3) is 0.467. The maximum Gasteiger partial charge on any atom is 0.240 e. The predicted octanol–water partition coefficient (Wildman–Crippen LogP) is 0.546. The van der Waals surface area contributed by atoms with Gasteiger partial charge in [-0.15, -0.1) is 0 Å². The summed E-state index contributed by atoms with van der Waals surface area (Å²) >= 11 is 0. The van der Waals surface area contributed by atoms with Gasteiger partial charge >= 0.3 is 0 Å². The van der Waals surface area contributed by atoms with Crippen LogP contribution in [0.4, 0.5) is 0 Å². The molecule has 0 spiro atoms. The van der Waals surface area contributed by atoms with Crippen LogP contribution in [0.15, 0.2) is 30.3 Å². The lowest BCUT2D eigenvalue weighted by Gasteiger charge is -2.22. The average Bonchev–Trinajstić information content (AvgIpc) is 3.28. The monoisotopic (exact) mass is 275 g/mol. The van der Waals surface area contributed by atoms with Crippen molar-refractivity contribution in [3.8, 4) is 0 Å². The zero-order valence-corrected chi connectivity index (χ0v) is 11.7. The second kappa shape index (κ2) is 6.05. The van der Waals surface area contributed by atoms with Gasteiger partial charge in [0.15, 0.2) is 0 Å². The molecule has 0 radical (unpaired) electrons. The predicted molar refractivity (Wildman–Crippen MR) is 76.6 cm³/mol. The standard InChI is InChI=1S/C15H21N3O2/c1-15(16,12-7-8-12)14(20)18-10-13(19)17-9-11-5-3-2-4-6-11/h2-6,12H,7-10,16H2,1H3,(H,17,19)(H,18,20). The van der Waals surface area contributed by atoms with E-state index in [1.165, 1.54) is 0 Å². The Morgan fingerprint density at radius 3 is 2.50 bits per heavy atom. The van der Waals surface area contributed by atoms with Crippen molar-refractivity contribution >= 4 is 11.8 Å². The molecule has 1 aromatic carbocycles. The number of nitrogens with one attached hydrogen (secondary N) is 2. The largest absolute Gasteiger partial charge is 0.350 e. The van der Waals surface area contributed by atoms with Gasteiger partial charge in [-0.3, -0.25) is 9.59 Å². The Kier molecular flexibility index (Phi) is 4.39. The maximum atomic E-state index is 11.9. The Morgan fingerprint density at radius 2 is 1.90 bits per heavy atom. The summed E-state index contributed by atoms with van der Waals surface area (Å²) in [7, 11) is 0. The van der Waals surface area contributed by atoms with Gasteiger partial charge in [0.2, 0.25) is 11.8 Å². The number of benzene rings is 1. The van der Waals surface area contributed by atoms with Crippen LogP contribution in [0.3, 0.4) is 0 Å². The Labute approximate surface area is 118 Å². The van der Waals surface area contributed by atoms with Crippen LogP contribution in [-0.2, 0) is 16.1 Å². The number of carbonyl (C=O) groups is 2. The molecular weight excluding hydrogens is 254 g/mol. The topological polar surface area (TPSA) is 84.2 Å². The van der Waals surface area contributed by atoms with Gasteiger partial charge in [-0.05, 0) is 31.2 Å². The highest BCUT2D eigenvalue weighted by atomic mass is 16.2. The first kappa shape index (κ1) is 14.5. The average molecular weight is 275 g/mol. The lowest BCUT2D eigenvalue weighted by Crippen LogP contribution is -2.54. The highest BCUT2D eigenvalue weighted by Crippen LogP contribution is 2.37. The minimum Gasteiger partial charge on any atom is -0.350 e. The Balaban J connectivity index is 1.71. The van der Waals surface area contributed by atoms with Crippen molar-refractivity contribution in [2.75, 3.05) is 6.54 Å². The molecule has 108 valence electrons. The molecule has 1 unspecified atom stereocenters. The molecule has 0 saturated heterocycles. The van der Waals surface area contributed by atoms with Crippen LogP contribution in [0.25, 0.3) is 0 Å². The minimum absolute atomic E-state index is 0.0365. The van der Waals surface area contributed by atoms with E-state index in [-0.39, 0.29) is 24.3 Å². The SMILES string of the molecule is CC(N)(C(=O)NCC(=O)NCc1ccccc1)C1CC1. The van der Waals surface area contributed by atoms with E-state index < -0.39 is 5.54 Å². The molecule has 0 heterocycles. The van der Waals surface area contributed by atoms with E-state index in [2.05, 4.69) is 10.6 Å². The van der Waals surface area contributed by atoms with Crippen molar-refractivity contribution in [1.82, 2.24) is 10.6 Å². The summed E-state index contributed by atoms with van der Waals surface area (Å²) in [6.07, 6.45) is 1.97. The molecule has 5 nitrogen and oxygen atoms in total. The van der Waals surface area contributed by atoms with Gasteiger partial charge in [0.05, 0.1) is 12.1 Å². The quantitative estimate of drug-likeness (QED) is 0.708. The summed E-state index contributed by atoms with van der Waals surface area (Å²) in [6, 6.07) is 9.62. The summed E-state index contributed by atoms with van der Waals surface area (Å²) < 4.78 is 0. The summed E-state index contributed by atoms with van der Waals surface area (Å²) in [4.78, 5) is 23.6. The van der Waals surface area contributed by atoms with Crippen molar-refractivity contribution in [3.05, 3.63) is 35.9 Å².